The van der Waals surface area contributed by atoms with Crippen LogP contribution in [0.15, 0.2) is 70.6 Å². The van der Waals surface area contributed by atoms with Crippen LogP contribution in [0, 0.1) is 11.6 Å². The first-order valence-electron chi connectivity index (χ1n) is 8.48. The topological polar surface area (TPSA) is 34.9 Å². The molecule has 0 aliphatic carbocycles. The molecule has 0 atom stereocenters. The standard InChI is InChI=1S/C21H12Cl2F2N2OS/c22-15-5-3-6-17(24)14(15)11-29-21-26-19-7-2-1-4-13(19)20(28)27(21)12-8-9-18(25)16(23)10-12/h1-10H,11H2. The Labute approximate surface area is 178 Å². The molecule has 0 amide bonds. The number of rotatable bonds is 4. The second-order valence-electron chi connectivity index (χ2n) is 6.14. The van der Waals surface area contributed by atoms with E-state index in [2.05, 4.69) is 4.98 Å². The van der Waals surface area contributed by atoms with E-state index < -0.39 is 11.6 Å². The van der Waals surface area contributed by atoms with Gasteiger partial charge in [-0.1, -0.05) is 53.2 Å². The van der Waals surface area contributed by atoms with E-state index in [1.165, 1.54) is 34.9 Å². The number of fused-ring (bicyclic) bond motifs is 1. The summed E-state index contributed by atoms with van der Waals surface area (Å²) in [6.45, 7) is 0. The highest BCUT2D eigenvalue weighted by molar-refractivity contribution is 7.98. The molecular weight excluding hydrogens is 437 g/mol. The quantitative estimate of drug-likeness (QED) is 0.272. The van der Waals surface area contributed by atoms with E-state index >= 15 is 0 Å². The molecule has 0 spiro atoms. The summed E-state index contributed by atoms with van der Waals surface area (Å²) >= 11 is 13.2. The van der Waals surface area contributed by atoms with Crippen molar-refractivity contribution in [3.8, 4) is 5.69 Å². The Bertz CT molecular complexity index is 1270. The lowest BCUT2D eigenvalue weighted by Crippen LogP contribution is -2.21. The Hall–Kier alpha value is -2.41. The van der Waals surface area contributed by atoms with Crippen molar-refractivity contribution in [1.29, 1.82) is 0 Å². The maximum Gasteiger partial charge on any atom is 0.266 e. The number of hydrogen-bond acceptors (Lipinski definition) is 3. The minimum Gasteiger partial charge on any atom is -0.268 e. The van der Waals surface area contributed by atoms with Crippen LogP contribution >= 0.6 is 35.0 Å². The first kappa shape index (κ1) is 19.9. The Balaban J connectivity index is 1.87. The second kappa shape index (κ2) is 8.14. The molecule has 3 nitrogen and oxygen atoms in total. The SMILES string of the molecule is O=c1c2ccccc2nc(SCc2c(F)cccc2Cl)n1-c1ccc(F)c(Cl)c1. The number of para-hydroxylation sites is 1. The van der Waals surface area contributed by atoms with E-state index in [9.17, 15) is 13.6 Å². The van der Waals surface area contributed by atoms with Crippen molar-refractivity contribution in [2.24, 2.45) is 0 Å². The van der Waals surface area contributed by atoms with Crippen LogP contribution < -0.4 is 5.56 Å². The molecule has 0 saturated heterocycles. The van der Waals surface area contributed by atoms with Gasteiger partial charge in [-0.25, -0.2) is 13.8 Å². The normalized spacial score (nSPS) is 11.2. The van der Waals surface area contributed by atoms with Gasteiger partial charge in [-0.15, -0.1) is 0 Å². The fourth-order valence-electron chi connectivity index (χ4n) is 2.87. The van der Waals surface area contributed by atoms with Gasteiger partial charge in [0.15, 0.2) is 5.16 Å². The van der Waals surface area contributed by atoms with E-state index in [1.54, 1.807) is 30.3 Å². The van der Waals surface area contributed by atoms with Gasteiger partial charge in [-0.05, 0) is 42.5 Å². The summed E-state index contributed by atoms with van der Waals surface area (Å²) in [6.07, 6.45) is 0. The van der Waals surface area contributed by atoms with Crippen LogP contribution in [-0.4, -0.2) is 9.55 Å². The third-order valence-corrected chi connectivity index (χ3v) is 5.92. The third kappa shape index (κ3) is 3.88. The average Bonchev–Trinajstić information content (AvgIpc) is 2.70. The van der Waals surface area contributed by atoms with Gasteiger partial charge >= 0.3 is 0 Å². The van der Waals surface area contributed by atoms with Gasteiger partial charge in [0.25, 0.3) is 5.56 Å². The third-order valence-electron chi connectivity index (χ3n) is 4.31. The molecule has 8 heteroatoms. The highest BCUT2D eigenvalue weighted by atomic mass is 35.5. The van der Waals surface area contributed by atoms with E-state index in [1.807, 2.05) is 0 Å². The van der Waals surface area contributed by atoms with Crippen molar-refractivity contribution >= 4 is 45.9 Å². The van der Waals surface area contributed by atoms with Crippen molar-refractivity contribution in [3.05, 3.63) is 98.3 Å². The average molecular weight is 449 g/mol. The van der Waals surface area contributed by atoms with E-state index in [0.29, 0.717) is 27.3 Å². The molecule has 0 aliphatic heterocycles. The fraction of sp³-hybridized carbons (Fsp3) is 0.0476. The predicted octanol–water partition coefficient (Wildman–Crippen LogP) is 6.26. The smallest absolute Gasteiger partial charge is 0.266 e. The van der Waals surface area contributed by atoms with Gasteiger partial charge in [-0.2, -0.15) is 0 Å². The Kier molecular flexibility index (Phi) is 5.58. The molecule has 146 valence electrons. The van der Waals surface area contributed by atoms with Crippen LogP contribution in [-0.2, 0) is 5.75 Å². The monoisotopic (exact) mass is 448 g/mol. The summed E-state index contributed by atoms with van der Waals surface area (Å²) in [5.41, 5.74) is 0.844. The Morgan fingerprint density at radius 3 is 2.48 bits per heavy atom. The summed E-state index contributed by atoms with van der Waals surface area (Å²) in [5, 5.41) is 0.893. The molecule has 0 unspecified atom stereocenters. The van der Waals surface area contributed by atoms with Crippen LogP contribution in [0.5, 0.6) is 0 Å². The minimum atomic E-state index is -0.593. The zero-order valence-electron chi connectivity index (χ0n) is 14.7. The van der Waals surface area contributed by atoms with E-state index in [-0.39, 0.29) is 21.4 Å². The molecule has 0 bridgehead atoms. The van der Waals surface area contributed by atoms with Crippen LogP contribution in [0.2, 0.25) is 10.0 Å². The first-order chi connectivity index (χ1) is 14.0. The lowest BCUT2D eigenvalue weighted by molar-refractivity contribution is 0.617. The van der Waals surface area contributed by atoms with Gasteiger partial charge in [-0.3, -0.25) is 9.36 Å². The van der Waals surface area contributed by atoms with Gasteiger partial charge < -0.3 is 0 Å². The zero-order chi connectivity index (χ0) is 20.5. The molecule has 29 heavy (non-hydrogen) atoms. The molecule has 3 aromatic carbocycles. The maximum absolute atomic E-state index is 14.2. The number of nitrogens with zero attached hydrogens (tertiary/aromatic N) is 2. The van der Waals surface area contributed by atoms with E-state index in [0.717, 1.165) is 11.8 Å². The van der Waals surface area contributed by atoms with Crippen LogP contribution in [0.3, 0.4) is 0 Å². The highest BCUT2D eigenvalue weighted by Crippen LogP contribution is 2.30. The van der Waals surface area contributed by atoms with Gasteiger partial charge in [0.1, 0.15) is 11.6 Å². The van der Waals surface area contributed by atoms with Crippen LogP contribution in [0.25, 0.3) is 16.6 Å². The maximum atomic E-state index is 14.2. The molecule has 0 radical (unpaired) electrons. The Morgan fingerprint density at radius 2 is 1.72 bits per heavy atom. The predicted molar refractivity (Wildman–Crippen MR) is 113 cm³/mol. The lowest BCUT2D eigenvalue weighted by atomic mass is 10.2. The molecule has 0 fully saturated rings. The minimum absolute atomic E-state index is 0.115. The van der Waals surface area contributed by atoms with Gasteiger partial charge in [0.2, 0.25) is 0 Å². The number of benzene rings is 3. The number of hydrogen-bond donors (Lipinski definition) is 0. The number of halogens is 4. The molecule has 1 heterocycles. The molecule has 0 aliphatic rings. The first-order valence-corrected chi connectivity index (χ1v) is 10.2. The fourth-order valence-corrected chi connectivity index (χ4v) is 4.40. The Morgan fingerprint density at radius 1 is 0.931 bits per heavy atom. The molecule has 4 rings (SSSR count). The van der Waals surface area contributed by atoms with E-state index in [4.69, 9.17) is 23.2 Å². The molecule has 0 N–H and O–H groups in total. The van der Waals surface area contributed by atoms with Crippen molar-refractivity contribution < 1.29 is 8.78 Å². The van der Waals surface area contributed by atoms with Gasteiger partial charge in [0.05, 0.1) is 21.6 Å². The molecule has 1 aromatic heterocycles. The second-order valence-corrected chi connectivity index (χ2v) is 7.90. The summed E-state index contributed by atoms with van der Waals surface area (Å²) in [5.74, 6) is -0.875. The van der Waals surface area contributed by atoms with Crippen LogP contribution in [0.4, 0.5) is 8.78 Å². The summed E-state index contributed by atoms with van der Waals surface area (Å²) in [7, 11) is 0. The lowest BCUT2D eigenvalue weighted by Gasteiger charge is -2.14. The zero-order valence-corrected chi connectivity index (χ0v) is 17.0. The molecular formula is C21H12Cl2F2N2OS. The molecule has 0 saturated carbocycles. The molecule has 4 aromatic rings. The van der Waals surface area contributed by atoms with Gasteiger partial charge in [0, 0.05) is 16.3 Å². The van der Waals surface area contributed by atoms with Crippen molar-refractivity contribution in [3.63, 3.8) is 0 Å². The largest absolute Gasteiger partial charge is 0.268 e. The van der Waals surface area contributed by atoms with Crippen molar-refractivity contribution in [2.45, 2.75) is 10.9 Å². The summed E-state index contributed by atoms with van der Waals surface area (Å²) < 4.78 is 29.1. The number of aromatic nitrogens is 2. The number of thioether (sulfide) groups is 1. The van der Waals surface area contributed by atoms with Crippen molar-refractivity contribution in [1.82, 2.24) is 9.55 Å². The summed E-state index contributed by atoms with van der Waals surface area (Å²) in [6, 6.07) is 15.3. The van der Waals surface area contributed by atoms with Crippen LogP contribution in [0.1, 0.15) is 5.56 Å². The van der Waals surface area contributed by atoms with Crippen molar-refractivity contribution in [2.75, 3.05) is 0 Å². The summed E-state index contributed by atoms with van der Waals surface area (Å²) in [4.78, 5) is 17.7. The highest BCUT2D eigenvalue weighted by Gasteiger charge is 2.16.